The summed E-state index contributed by atoms with van der Waals surface area (Å²) in [6.45, 7) is 8.14. The van der Waals surface area contributed by atoms with Gasteiger partial charge in [-0.25, -0.2) is 8.70 Å². The first-order valence-electron chi connectivity index (χ1n) is 13.1. The minimum atomic E-state index is -3.90. The van der Waals surface area contributed by atoms with Crippen molar-refractivity contribution in [1.29, 1.82) is 0 Å². The van der Waals surface area contributed by atoms with Crippen LogP contribution in [0.2, 0.25) is 0 Å². The van der Waals surface area contributed by atoms with Crippen LogP contribution in [0.3, 0.4) is 0 Å². The van der Waals surface area contributed by atoms with Crippen molar-refractivity contribution >= 4 is 15.9 Å². The first-order chi connectivity index (χ1) is 18.2. The van der Waals surface area contributed by atoms with E-state index in [1.165, 1.54) is 20.7 Å². The fourth-order valence-corrected chi connectivity index (χ4v) is 7.82. The molecule has 2 fully saturated rings. The zero-order valence-corrected chi connectivity index (χ0v) is 22.9. The van der Waals surface area contributed by atoms with Crippen LogP contribution in [0.1, 0.15) is 44.9 Å². The van der Waals surface area contributed by atoms with E-state index in [0.717, 1.165) is 24.4 Å². The molecular weight excluding hydrogens is 503 g/mol. The van der Waals surface area contributed by atoms with Crippen LogP contribution in [0.25, 0.3) is 0 Å². The van der Waals surface area contributed by atoms with E-state index < -0.39 is 21.6 Å². The summed E-state index contributed by atoms with van der Waals surface area (Å²) < 4.78 is 51.1. The van der Waals surface area contributed by atoms with Gasteiger partial charge in [0.1, 0.15) is 11.6 Å². The molecule has 3 aromatic rings. The van der Waals surface area contributed by atoms with Crippen LogP contribution in [0.4, 0.5) is 10.1 Å². The van der Waals surface area contributed by atoms with Crippen molar-refractivity contribution in [1.82, 2.24) is 14.2 Å². The highest BCUT2D eigenvalue weighted by atomic mass is 32.2. The van der Waals surface area contributed by atoms with Crippen molar-refractivity contribution in [2.75, 3.05) is 17.4 Å². The number of likely N-dealkylation sites (tertiary alicyclic amines) is 1. The molecule has 0 bridgehead atoms. The third-order valence-corrected chi connectivity index (χ3v) is 9.36. The van der Waals surface area contributed by atoms with Crippen molar-refractivity contribution in [3.8, 4) is 5.75 Å². The van der Waals surface area contributed by atoms with Crippen LogP contribution < -0.4 is 9.04 Å². The average molecular weight is 539 g/mol. The van der Waals surface area contributed by atoms with Crippen molar-refractivity contribution in [3.05, 3.63) is 90.0 Å². The van der Waals surface area contributed by atoms with Gasteiger partial charge in [0, 0.05) is 31.9 Å². The molecule has 1 aromatic heterocycles. The predicted octanol–water partition coefficient (Wildman–Crippen LogP) is 5.00. The number of halogens is 1. The molecular formula is C29H35FN4O3S. The Hall–Kier alpha value is -3.01. The molecule has 0 radical (unpaired) electrons. The van der Waals surface area contributed by atoms with Gasteiger partial charge in [-0.15, -0.1) is 0 Å². The maximum Gasteiger partial charge on any atom is 0.305 e. The third kappa shape index (κ3) is 5.41. The summed E-state index contributed by atoms with van der Waals surface area (Å²) in [4.78, 5) is 6.74. The lowest BCUT2D eigenvalue weighted by Gasteiger charge is -2.47. The molecule has 2 saturated heterocycles. The van der Waals surface area contributed by atoms with Crippen molar-refractivity contribution in [2.45, 2.75) is 64.4 Å². The fourth-order valence-electron chi connectivity index (χ4n) is 5.79. The van der Waals surface area contributed by atoms with E-state index in [1.807, 2.05) is 44.2 Å². The van der Waals surface area contributed by atoms with Gasteiger partial charge in [0.2, 0.25) is 0 Å². The molecule has 0 unspecified atom stereocenters. The zero-order valence-electron chi connectivity index (χ0n) is 22.1. The molecule has 2 aromatic carbocycles. The van der Waals surface area contributed by atoms with Crippen LogP contribution in [-0.2, 0) is 23.3 Å². The number of anilines is 1. The first kappa shape index (κ1) is 26.6. The largest absolute Gasteiger partial charge is 0.491 e. The molecule has 0 amide bonds. The zero-order chi connectivity index (χ0) is 26.9. The molecule has 9 heteroatoms. The van der Waals surface area contributed by atoms with Gasteiger partial charge in [0.25, 0.3) is 0 Å². The highest BCUT2D eigenvalue weighted by Gasteiger charge is 2.56. The van der Waals surface area contributed by atoms with E-state index in [9.17, 15) is 12.8 Å². The summed E-state index contributed by atoms with van der Waals surface area (Å²) in [5.41, 5.74) is 1.53. The van der Waals surface area contributed by atoms with Gasteiger partial charge < -0.3 is 4.74 Å². The number of hydrogen-bond donors (Lipinski definition) is 0. The van der Waals surface area contributed by atoms with E-state index in [2.05, 4.69) is 28.9 Å². The highest BCUT2D eigenvalue weighted by Crippen LogP contribution is 2.45. The number of hydrogen-bond acceptors (Lipinski definition) is 5. The summed E-state index contributed by atoms with van der Waals surface area (Å²) in [7, 11) is -3.90. The van der Waals surface area contributed by atoms with Crippen molar-refractivity contribution in [3.63, 3.8) is 0 Å². The molecule has 202 valence electrons. The number of piperidine rings is 1. The predicted molar refractivity (Wildman–Crippen MR) is 146 cm³/mol. The number of benzene rings is 2. The van der Waals surface area contributed by atoms with Gasteiger partial charge in [-0.2, -0.15) is 12.7 Å². The minimum absolute atomic E-state index is 0.103. The lowest BCUT2D eigenvalue weighted by Crippen LogP contribution is -2.57. The van der Waals surface area contributed by atoms with Crippen LogP contribution in [0.15, 0.2) is 72.9 Å². The van der Waals surface area contributed by atoms with Crippen molar-refractivity contribution in [2.24, 2.45) is 0 Å². The Kier molecular flexibility index (Phi) is 7.44. The lowest BCUT2D eigenvalue weighted by atomic mass is 9.82. The topological polar surface area (TPSA) is 66.0 Å². The van der Waals surface area contributed by atoms with E-state index in [4.69, 9.17) is 4.74 Å². The number of pyridine rings is 1. The van der Waals surface area contributed by atoms with Crippen LogP contribution in [0.5, 0.6) is 5.75 Å². The summed E-state index contributed by atoms with van der Waals surface area (Å²) in [5.74, 6) is 0.396. The molecule has 1 spiro atoms. The third-order valence-electron chi connectivity index (χ3n) is 7.38. The SMILES string of the molecule is CC(C)Oc1cccc(CN2CC[C@@]3(C[C@@H]2C)CN(Cc2ccccn2)S(=O)(=O)N3c2cccc(F)c2)c1. The Morgan fingerprint density at radius 3 is 2.61 bits per heavy atom. The highest BCUT2D eigenvalue weighted by molar-refractivity contribution is 7.90. The Labute approximate surface area is 225 Å². The van der Waals surface area contributed by atoms with Gasteiger partial charge in [0.15, 0.2) is 0 Å². The quantitative estimate of drug-likeness (QED) is 0.424. The average Bonchev–Trinajstić information content (AvgIpc) is 3.06. The summed E-state index contributed by atoms with van der Waals surface area (Å²) in [6.07, 6.45) is 3.03. The summed E-state index contributed by atoms with van der Waals surface area (Å²) in [5, 5.41) is 0. The van der Waals surface area contributed by atoms with Gasteiger partial charge in [-0.3, -0.25) is 9.88 Å². The molecule has 2 aliphatic rings. The second kappa shape index (κ2) is 10.6. The Balaban J connectivity index is 1.42. The van der Waals surface area contributed by atoms with Crippen molar-refractivity contribution < 1.29 is 17.5 Å². The molecule has 0 aliphatic carbocycles. The second-order valence-electron chi connectivity index (χ2n) is 10.7. The maximum atomic E-state index is 14.3. The Bertz CT molecular complexity index is 1370. The number of rotatable bonds is 7. The standard InChI is InChI=1S/C29H35FN4O3S/c1-22(2)37-28-12-6-8-24(16-28)19-32-15-13-29(18-23(32)3)21-33(20-26-10-4-5-14-31-26)38(35,36)34(29)27-11-7-9-25(30)17-27/h4-12,14,16-17,22-23H,13,15,18-21H2,1-3H3/t23-,29+/m0/s1. The molecule has 2 aliphatic heterocycles. The number of nitrogens with zero attached hydrogens (tertiary/aromatic N) is 4. The maximum absolute atomic E-state index is 14.3. The van der Waals surface area contributed by atoms with E-state index in [0.29, 0.717) is 30.8 Å². The molecule has 5 rings (SSSR count). The molecule has 2 atom stereocenters. The Morgan fingerprint density at radius 2 is 1.89 bits per heavy atom. The smallest absolute Gasteiger partial charge is 0.305 e. The minimum Gasteiger partial charge on any atom is -0.491 e. The summed E-state index contributed by atoms with van der Waals surface area (Å²) in [6, 6.07) is 19.7. The molecule has 3 heterocycles. The number of aromatic nitrogens is 1. The number of ether oxygens (including phenoxy) is 1. The first-order valence-corrected chi connectivity index (χ1v) is 14.5. The normalized spacial score (nSPS) is 23.8. The van der Waals surface area contributed by atoms with E-state index >= 15 is 0 Å². The van der Waals surface area contributed by atoms with E-state index in [1.54, 1.807) is 18.3 Å². The molecule has 0 N–H and O–H groups in total. The monoisotopic (exact) mass is 538 g/mol. The molecule has 0 saturated carbocycles. The Morgan fingerprint density at radius 1 is 1.08 bits per heavy atom. The van der Waals surface area contributed by atoms with Gasteiger partial charge in [-0.1, -0.05) is 24.3 Å². The second-order valence-corrected chi connectivity index (χ2v) is 12.4. The summed E-state index contributed by atoms with van der Waals surface area (Å²) >= 11 is 0. The van der Waals surface area contributed by atoms with Crippen LogP contribution in [-0.4, -0.2) is 53.4 Å². The van der Waals surface area contributed by atoms with Gasteiger partial charge in [-0.05, 0) is 81.6 Å². The fraction of sp³-hybridized carbons (Fsp3) is 0.414. The van der Waals surface area contributed by atoms with Gasteiger partial charge >= 0.3 is 10.2 Å². The van der Waals surface area contributed by atoms with Crippen LogP contribution >= 0.6 is 0 Å². The lowest BCUT2D eigenvalue weighted by molar-refractivity contribution is 0.0982. The van der Waals surface area contributed by atoms with Crippen LogP contribution in [0, 0.1) is 5.82 Å². The van der Waals surface area contributed by atoms with E-state index in [-0.39, 0.29) is 18.7 Å². The molecule has 7 nitrogen and oxygen atoms in total. The van der Waals surface area contributed by atoms with Gasteiger partial charge in [0.05, 0.1) is 29.6 Å². The molecule has 38 heavy (non-hydrogen) atoms.